The van der Waals surface area contributed by atoms with E-state index in [9.17, 15) is 14.0 Å². The Morgan fingerprint density at radius 1 is 1.13 bits per heavy atom. The maximum absolute atomic E-state index is 13.4. The smallest absolute Gasteiger partial charge is 0.251 e. The van der Waals surface area contributed by atoms with E-state index in [0.29, 0.717) is 22.6 Å². The van der Waals surface area contributed by atoms with Crippen molar-refractivity contribution in [3.05, 3.63) is 93.2 Å². The number of aryl methyl sites for hydroxylation is 3. The molecule has 0 bridgehead atoms. The lowest BCUT2D eigenvalue weighted by Crippen LogP contribution is -2.30. The van der Waals surface area contributed by atoms with Crippen molar-refractivity contribution in [1.82, 2.24) is 24.8 Å². The van der Waals surface area contributed by atoms with Crippen LogP contribution in [0.3, 0.4) is 0 Å². The van der Waals surface area contributed by atoms with Gasteiger partial charge in [-0.3, -0.25) is 9.59 Å². The minimum atomic E-state index is -0.497. The van der Waals surface area contributed by atoms with Crippen molar-refractivity contribution in [3.63, 3.8) is 0 Å². The van der Waals surface area contributed by atoms with Gasteiger partial charge in [-0.15, -0.1) is 0 Å². The molecule has 1 amide bonds. The SMILES string of the molecule is Cc1nc(CC(NC(=O)c2ccc3c(c2)nc(C)n3C)c2ccc(F)cc2)cc(=O)[nH]1. The van der Waals surface area contributed by atoms with Gasteiger partial charge in [0.1, 0.15) is 17.5 Å². The molecule has 2 heterocycles. The summed E-state index contributed by atoms with van der Waals surface area (Å²) in [5.41, 5.74) is 3.12. The van der Waals surface area contributed by atoms with Gasteiger partial charge in [0.25, 0.3) is 11.5 Å². The molecule has 4 aromatic rings. The molecule has 2 N–H and O–H groups in total. The monoisotopic (exact) mass is 419 g/mol. The molecule has 0 saturated carbocycles. The summed E-state index contributed by atoms with van der Waals surface area (Å²) in [6.45, 7) is 3.60. The van der Waals surface area contributed by atoms with Crippen molar-refractivity contribution in [2.24, 2.45) is 7.05 Å². The number of nitrogens with one attached hydrogen (secondary N) is 2. The number of imidazole rings is 1. The lowest BCUT2D eigenvalue weighted by Gasteiger charge is -2.19. The van der Waals surface area contributed by atoms with Gasteiger partial charge >= 0.3 is 0 Å². The molecule has 1 atom stereocenters. The maximum Gasteiger partial charge on any atom is 0.251 e. The molecule has 158 valence electrons. The molecule has 0 fully saturated rings. The van der Waals surface area contributed by atoms with E-state index in [1.165, 1.54) is 18.2 Å². The van der Waals surface area contributed by atoms with Crippen LogP contribution in [-0.4, -0.2) is 25.4 Å². The molecule has 7 nitrogen and oxygen atoms in total. The molecule has 4 rings (SSSR count). The molecule has 8 heteroatoms. The lowest BCUT2D eigenvalue weighted by molar-refractivity contribution is 0.0936. The number of hydrogen-bond acceptors (Lipinski definition) is 4. The number of amides is 1. The van der Waals surface area contributed by atoms with E-state index in [1.807, 2.05) is 24.6 Å². The first-order valence-electron chi connectivity index (χ1n) is 9.86. The van der Waals surface area contributed by atoms with Crippen LogP contribution < -0.4 is 10.9 Å². The molecular weight excluding hydrogens is 397 g/mol. The van der Waals surface area contributed by atoms with Gasteiger partial charge < -0.3 is 14.9 Å². The first-order chi connectivity index (χ1) is 14.8. The fraction of sp³-hybridized carbons (Fsp3) is 0.217. The number of carbonyl (C=O) groups is 1. The van der Waals surface area contributed by atoms with E-state index < -0.39 is 6.04 Å². The molecular formula is C23H22FN5O2. The summed E-state index contributed by atoms with van der Waals surface area (Å²) >= 11 is 0. The van der Waals surface area contributed by atoms with Gasteiger partial charge in [-0.25, -0.2) is 14.4 Å². The minimum absolute atomic E-state index is 0.261. The highest BCUT2D eigenvalue weighted by Crippen LogP contribution is 2.21. The van der Waals surface area contributed by atoms with Gasteiger partial charge in [0.15, 0.2) is 0 Å². The van der Waals surface area contributed by atoms with Gasteiger partial charge in [-0.2, -0.15) is 0 Å². The average Bonchev–Trinajstić information content (AvgIpc) is 3.00. The molecule has 31 heavy (non-hydrogen) atoms. The van der Waals surface area contributed by atoms with Crippen molar-refractivity contribution in [2.75, 3.05) is 0 Å². The van der Waals surface area contributed by atoms with Crippen molar-refractivity contribution < 1.29 is 9.18 Å². The first-order valence-corrected chi connectivity index (χ1v) is 9.86. The zero-order valence-electron chi connectivity index (χ0n) is 17.4. The highest BCUT2D eigenvalue weighted by molar-refractivity contribution is 5.97. The summed E-state index contributed by atoms with van der Waals surface area (Å²) in [4.78, 5) is 36.3. The second kappa shape index (κ2) is 8.14. The summed E-state index contributed by atoms with van der Waals surface area (Å²) in [7, 11) is 1.92. The number of fused-ring (bicyclic) bond motifs is 1. The van der Waals surface area contributed by atoms with Crippen molar-refractivity contribution >= 4 is 16.9 Å². The molecule has 1 unspecified atom stereocenters. The molecule has 0 aliphatic heterocycles. The number of aromatic amines is 1. The van der Waals surface area contributed by atoms with Crippen LogP contribution in [0.1, 0.15) is 39.3 Å². The van der Waals surface area contributed by atoms with Crippen LogP contribution in [0, 0.1) is 19.7 Å². The molecule has 0 radical (unpaired) electrons. The number of aromatic nitrogens is 4. The van der Waals surface area contributed by atoms with Crippen molar-refractivity contribution in [3.8, 4) is 0 Å². The highest BCUT2D eigenvalue weighted by atomic mass is 19.1. The van der Waals surface area contributed by atoms with Gasteiger partial charge in [-0.05, 0) is 49.7 Å². The normalized spacial score (nSPS) is 12.1. The lowest BCUT2D eigenvalue weighted by atomic mass is 10.0. The third-order valence-corrected chi connectivity index (χ3v) is 5.27. The van der Waals surface area contributed by atoms with Gasteiger partial charge in [0.2, 0.25) is 0 Å². The number of hydrogen-bond donors (Lipinski definition) is 2. The summed E-state index contributed by atoms with van der Waals surface area (Å²) in [5, 5.41) is 2.99. The molecule has 0 spiro atoms. The Bertz CT molecular complexity index is 1320. The Labute approximate surface area is 178 Å². The number of rotatable bonds is 5. The zero-order valence-corrected chi connectivity index (χ0v) is 17.4. The summed E-state index contributed by atoms with van der Waals surface area (Å²) in [6.07, 6.45) is 0.285. The van der Waals surface area contributed by atoms with Crippen molar-refractivity contribution in [1.29, 1.82) is 0 Å². The van der Waals surface area contributed by atoms with Crippen molar-refractivity contribution in [2.45, 2.75) is 26.3 Å². The van der Waals surface area contributed by atoms with Crippen LogP contribution in [0.15, 0.2) is 53.3 Å². The van der Waals surface area contributed by atoms with Crippen LogP contribution in [-0.2, 0) is 13.5 Å². The van der Waals surface area contributed by atoms with Crippen LogP contribution in [0.25, 0.3) is 11.0 Å². The van der Waals surface area contributed by atoms with E-state index in [-0.39, 0.29) is 23.7 Å². The number of carbonyl (C=O) groups excluding carboxylic acids is 1. The Kier molecular flexibility index (Phi) is 5.37. The number of nitrogens with zero attached hydrogens (tertiary/aromatic N) is 3. The minimum Gasteiger partial charge on any atom is -0.345 e. The summed E-state index contributed by atoms with van der Waals surface area (Å²) in [5.74, 6) is 0.686. The fourth-order valence-electron chi connectivity index (χ4n) is 3.61. The van der Waals surface area contributed by atoms with E-state index >= 15 is 0 Å². The topological polar surface area (TPSA) is 92.7 Å². The van der Waals surface area contributed by atoms with Crippen LogP contribution in [0.2, 0.25) is 0 Å². The van der Waals surface area contributed by atoms with Crippen LogP contribution in [0.4, 0.5) is 4.39 Å². The maximum atomic E-state index is 13.4. The quantitative estimate of drug-likeness (QED) is 0.520. The predicted octanol–water partition coefficient (Wildman–Crippen LogP) is 3.13. The molecule has 0 aliphatic carbocycles. The number of benzene rings is 2. The molecule has 2 aromatic carbocycles. The van der Waals surface area contributed by atoms with Gasteiger partial charge in [-0.1, -0.05) is 12.1 Å². The second-order valence-corrected chi connectivity index (χ2v) is 7.53. The summed E-state index contributed by atoms with van der Waals surface area (Å²) < 4.78 is 15.4. The standard InChI is InChI=1S/C23H22FN5O2/c1-13-25-18(12-22(30)26-13)11-19(15-4-7-17(24)8-5-15)28-23(31)16-6-9-21-20(10-16)27-14(2)29(21)3/h4-10,12,19H,11H2,1-3H3,(H,28,31)(H,25,26,30). The summed E-state index contributed by atoms with van der Waals surface area (Å²) in [6, 6.07) is 12.2. The average molecular weight is 419 g/mol. The fourth-order valence-corrected chi connectivity index (χ4v) is 3.61. The third-order valence-electron chi connectivity index (χ3n) is 5.27. The molecule has 0 aliphatic rings. The number of halogens is 1. The Balaban J connectivity index is 1.65. The number of H-pyrrole nitrogens is 1. The van der Waals surface area contributed by atoms with E-state index in [0.717, 1.165) is 16.9 Å². The second-order valence-electron chi connectivity index (χ2n) is 7.53. The molecule has 0 saturated heterocycles. The largest absolute Gasteiger partial charge is 0.345 e. The molecule has 2 aromatic heterocycles. The Hall–Kier alpha value is -3.81. The first kappa shape index (κ1) is 20.5. The third kappa shape index (κ3) is 4.37. The Morgan fingerprint density at radius 2 is 1.87 bits per heavy atom. The predicted molar refractivity (Wildman–Crippen MR) is 115 cm³/mol. The highest BCUT2D eigenvalue weighted by Gasteiger charge is 2.19. The zero-order chi connectivity index (χ0) is 22.1. The van der Waals surface area contributed by atoms with Gasteiger partial charge in [0.05, 0.1) is 22.8 Å². The van der Waals surface area contributed by atoms with Gasteiger partial charge in [0, 0.05) is 25.1 Å². The Morgan fingerprint density at radius 3 is 2.58 bits per heavy atom. The van der Waals surface area contributed by atoms with Crippen LogP contribution in [0.5, 0.6) is 0 Å². The van der Waals surface area contributed by atoms with E-state index in [2.05, 4.69) is 20.3 Å². The van der Waals surface area contributed by atoms with E-state index in [1.54, 1.807) is 31.2 Å². The van der Waals surface area contributed by atoms with Crippen LogP contribution >= 0.6 is 0 Å². The van der Waals surface area contributed by atoms with E-state index in [4.69, 9.17) is 0 Å².